The molecule has 124 valence electrons. The summed E-state index contributed by atoms with van der Waals surface area (Å²) in [5, 5.41) is 0. The number of esters is 1. The van der Waals surface area contributed by atoms with Crippen LogP contribution in [0.3, 0.4) is 0 Å². The smallest absolute Gasteiger partial charge is 0.355 e. The number of anilines is 1. The SMILES string of the molecule is CCOC(=O)c1[nH]c(C)c(S(=O)(=O)Nc2ccc(C)cc2)c1C. The van der Waals surface area contributed by atoms with Crippen molar-refractivity contribution in [3.8, 4) is 0 Å². The Morgan fingerprint density at radius 2 is 1.78 bits per heavy atom. The summed E-state index contributed by atoms with van der Waals surface area (Å²) in [5.41, 5.74) is 2.40. The molecule has 0 saturated carbocycles. The van der Waals surface area contributed by atoms with Gasteiger partial charge in [-0.15, -0.1) is 0 Å². The number of sulfonamides is 1. The topological polar surface area (TPSA) is 88.3 Å². The maximum Gasteiger partial charge on any atom is 0.355 e. The molecule has 0 aliphatic heterocycles. The molecule has 0 spiro atoms. The van der Waals surface area contributed by atoms with Gasteiger partial charge in [-0.05, 0) is 39.8 Å². The Labute approximate surface area is 135 Å². The maximum absolute atomic E-state index is 12.6. The van der Waals surface area contributed by atoms with Crippen molar-refractivity contribution in [2.45, 2.75) is 32.6 Å². The number of H-pyrrole nitrogens is 1. The van der Waals surface area contributed by atoms with Crippen LogP contribution in [0, 0.1) is 20.8 Å². The predicted molar refractivity (Wildman–Crippen MR) is 88.2 cm³/mol. The third-order valence-electron chi connectivity index (χ3n) is 3.42. The van der Waals surface area contributed by atoms with Gasteiger partial charge < -0.3 is 9.72 Å². The number of hydrogen-bond donors (Lipinski definition) is 2. The molecule has 0 amide bonds. The van der Waals surface area contributed by atoms with Crippen molar-refractivity contribution in [3.05, 3.63) is 46.8 Å². The summed E-state index contributed by atoms with van der Waals surface area (Å²) in [5.74, 6) is -0.565. The standard InChI is InChI=1S/C16H20N2O4S/c1-5-22-16(19)14-11(3)15(12(4)17-14)23(20,21)18-13-8-6-10(2)7-9-13/h6-9,17-18H,5H2,1-4H3. The Bertz CT molecular complexity index is 821. The van der Waals surface area contributed by atoms with Gasteiger partial charge in [-0.1, -0.05) is 17.7 Å². The van der Waals surface area contributed by atoms with Gasteiger partial charge in [0.05, 0.1) is 6.61 Å². The summed E-state index contributed by atoms with van der Waals surface area (Å²) in [4.78, 5) is 14.8. The molecule has 1 aromatic heterocycles. The van der Waals surface area contributed by atoms with Crippen molar-refractivity contribution < 1.29 is 17.9 Å². The summed E-state index contributed by atoms with van der Waals surface area (Å²) in [7, 11) is -3.80. The average molecular weight is 336 g/mol. The number of carbonyl (C=O) groups is 1. The first-order valence-electron chi connectivity index (χ1n) is 7.22. The fraction of sp³-hybridized carbons (Fsp3) is 0.312. The van der Waals surface area contributed by atoms with Crippen molar-refractivity contribution in [2.24, 2.45) is 0 Å². The molecule has 0 aliphatic rings. The van der Waals surface area contributed by atoms with Gasteiger partial charge >= 0.3 is 5.97 Å². The van der Waals surface area contributed by atoms with Crippen LogP contribution < -0.4 is 4.72 Å². The van der Waals surface area contributed by atoms with Crippen molar-refractivity contribution in [1.29, 1.82) is 0 Å². The van der Waals surface area contributed by atoms with Crippen molar-refractivity contribution >= 4 is 21.7 Å². The van der Waals surface area contributed by atoms with Crippen LogP contribution in [-0.4, -0.2) is 26.0 Å². The average Bonchev–Trinajstić information content (AvgIpc) is 2.77. The summed E-state index contributed by atoms with van der Waals surface area (Å²) in [6.45, 7) is 7.03. The number of carbonyl (C=O) groups excluding carboxylic acids is 1. The lowest BCUT2D eigenvalue weighted by atomic mass is 10.2. The second-order valence-corrected chi connectivity index (χ2v) is 6.89. The highest BCUT2D eigenvalue weighted by Crippen LogP contribution is 2.26. The molecule has 0 atom stereocenters. The van der Waals surface area contributed by atoms with E-state index in [0.717, 1.165) is 5.56 Å². The Hall–Kier alpha value is -2.28. The van der Waals surface area contributed by atoms with Crippen LogP contribution in [0.1, 0.15) is 34.2 Å². The number of hydrogen-bond acceptors (Lipinski definition) is 4. The van der Waals surface area contributed by atoms with E-state index in [1.54, 1.807) is 32.9 Å². The highest BCUT2D eigenvalue weighted by Gasteiger charge is 2.27. The Morgan fingerprint density at radius 3 is 2.35 bits per heavy atom. The third kappa shape index (κ3) is 3.56. The molecule has 0 radical (unpaired) electrons. The zero-order valence-corrected chi connectivity index (χ0v) is 14.4. The van der Waals surface area contributed by atoms with Crippen LogP contribution in [-0.2, 0) is 14.8 Å². The van der Waals surface area contributed by atoms with E-state index in [4.69, 9.17) is 4.74 Å². The van der Waals surface area contributed by atoms with E-state index >= 15 is 0 Å². The summed E-state index contributed by atoms with van der Waals surface area (Å²) in [6, 6.07) is 7.02. The number of rotatable bonds is 5. The minimum Gasteiger partial charge on any atom is -0.461 e. The number of aryl methyl sites for hydroxylation is 2. The van der Waals surface area contributed by atoms with E-state index in [1.165, 1.54) is 0 Å². The van der Waals surface area contributed by atoms with Crippen LogP contribution in [0.15, 0.2) is 29.2 Å². The van der Waals surface area contributed by atoms with Gasteiger partial charge in [0.25, 0.3) is 10.0 Å². The Kier molecular flexibility index (Phi) is 4.79. The van der Waals surface area contributed by atoms with Crippen LogP contribution in [0.2, 0.25) is 0 Å². The highest BCUT2D eigenvalue weighted by atomic mass is 32.2. The largest absolute Gasteiger partial charge is 0.461 e. The molecule has 2 rings (SSSR count). The van der Waals surface area contributed by atoms with Gasteiger partial charge in [0.1, 0.15) is 10.6 Å². The second-order valence-electron chi connectivity index (χ2n) is 5.27. The minimum atomic E-state index is -3.80. The first-order chi connectivity index (χ1) is 10.8. The summed E-state index contributed by atoms with van der Waals surface area (Å²) < 4.78 is 32.7. The molecule has 0 fully saturated rings. The van der Waals surface area contributed by atoms with Gasteiger partial charge in [0.15, 0.2) is 0 Å². The first kappa shape index (κ1) is 17.1. The first-order valence-corrected chi connectivity index (χ1v) is 8.70. The van der Waals surface area contributed by atoms with Crippen molar-refractivity contribution in [1.82, 2.24) is 4.98 Å². The molecule has 0 bridgehead atoms. The van der Waals surface area contributed by atoms with E-state index in [9.17, 15) is 13.2 Å². The van der Waals surface area contributed by atoms with Gasteiger partial charge in [0, 0.05) is 16.9 Å². The molecule has 2 aromatic rings. The van der Waals surface area contributed by atoms with E-state index < -0.39 is 16.0 Å². The number of benzene rings is 1. The molecule has 1 aromatic carbocycles. The highest BCUT2D eigenvalue weighted by molar-refractivity contribution is 7.92. The van der Waals surface area contributed by atoms with Crippen LogP contribution >= 0.6 is 0 Å². The Balaban J connectivity index is 2.40. The molecular formula is C16H20N2O4S. The summed E-state index contributed by atoms with van der Waals surface area (Å²) >= 11 is 0. The van der Waals surface area contributed by atoms with E-state index in [0.29, 0.717) is 16.9 Å². The number of nitrogens with one attached hydrogen (secondary N) is 2. The molecule has 0 saturated heterocycles. The normalized spacial score (nSPS) is 11.3. The summed E-state index contributed by atoms with van der Waals surface area (Å²) in [6.07, 6.45) is 0. The predicted octanol–water partition coefficient (Wildman–Crippen LogP) is 2.92. The number of aromatic amines is 1. The van der Waals surface area contributed by atoms with Crippen LogP contribution in [0.25, 0.3) is 0 Å². The van der Waals surface area contributed by atoms with Crippen LogP contribution in [0.5, 0.6) is 0 Å². The fourth-order valence-electron chi connectivity index (χ4n) is 2.37. The lowest BCUT2D eigenvalue weighted by Crippen LogP contribution is -2.15. The quantitative estimate of drug-likeness (QED) is 0.822. The molecule has 1 heterocycles. The zero-order valence-electron chi connectivity index (χ0n) is 13.6. The van der Waals surface area contributed by atoms with E-state index in [1.807, 2.05) is 19.1 Å². The molecular weight excluding hydrogens is 316 g/mol. The maximum atomic E-state index is 12.6. The molecule has 7 heteroatoms. The molecule has 0 unspecified atom stereocenters. The van der Waals surface area contributed by atoms with E-state index in [-0.39, 0.29) is 17.2 Å². The van der Waals surface area contributed by atoms with Gasteiger partial charge in [-0.25, -0.2) is 13.2 Å². The lowest BCUT2D eigenvalue weighted by molar-refractivity contribution is 0.0519. The molecule has 2 N–H and O–H groups in total. The van der Waals surface area contributed by atoms with Crippen LogP contribution in [0.4, 0.5) is 5.69 Å². The van der Waals surface area contributed by atoms with E-state index in [2.05, 4.69) is 9.71 Å². The molecule has 0 aliphatic carbocycles. The third-order valence-corrected chi connectivity index (χ3v) is 5.08. The Morgan fingerprint density at radius 1 is 1.17 bits per heavy atom. The molecule has 6 nitrogen and oxygen atoms in total. The van der Waals surface area contributed by atoms with Gasteiger partial charge in [-0.2, -0.15) is 0 Å². The fourth-order valence-corrected chi connectivity index (χ4v) is 3.88. The zero-order chi connectivity index (χ0) is 17.2. The van der Waals surface area contributed by atoms with Gasteiger partial charge in [-0.3, -0.25) is 4.72 Å². The second kappa shape index (κ2) is 6.45. The van der Waals surface area contributed by atoms with Gasteiger partial charge in [0.2, 0.25) is 0 Å². The van der Waals surface area contributed by atoms with Crippen molar-refractivity contribution in [3.63, 3.8) is 0 Å². The number of aromatic nitrogens is 1. The lowest BCUT2D eigenvalue weighted by Gasteiger charge is -2.09. The number of ether oxygens (including phenoxy) is 1. The van der Waals surface area contributed by atoms with Crippen molar-refractivity contribution in [2.75, 3.05) is 11.3 Å². The monoisotopic (exact) mass is 336 g/mol. The molecule has 23 heavy (non-hydrogen) atoms. The minimum absolute atomic E-state index is 0.0705.